The zero-order chi connectivity index (χ0) is 20.9. The highest BCUT2D eigenvalue weighted by molar-refractivity contribution is 6.08. The van der Waals surface area contributed by atoms with Crippen LogP contribution in [0.15, 0.2) is 78.9 Å². The average Bonchev–Trinajstić information content (AvgIpc) is 2.82. The van der Waals surface area contributed by atoms with Crippen molar-refractivity contribution in [3.8, 4) is 0 Å². The maximum atomic E-state index is 11.9. The number of hydrogen-bond acceptors (Lipinski definition) is 2. The largest absolute Gasteiger partial charge is 0.476 e. The van der Waals surface area contributed by atoms with Crippen LogP contribution in [0.4, 0.5) is 0 Å². The number of benzene rings is 4. The zero-order valence-electron chi connectivity index (χ0n) is 17.0. The molecular formula is C28H21NO2. The van der Waals surface area contributed by atoms with E-state index in [0.717, 1.165) is 30.3 Å². The van der Waals surface area contributed by atoms with Crippen molar-refractivity contribution >= 4 is 38.3 Å². The van der Waals surface area contributed by atoms with Crippen LogP contribution in [0, 0.1) is 0 Å². The fraction of sp³-hybridized carbons (Fsp3) is 0.143. The number of fused-ring (bicyclic) bond motifs is 6. The molecule has 0 bridgehead atoms. The molecule has 0 aliphatic heterocycles. The Bertz CT molecular complexity index is 1500. The number of nitrogens with zero attached hydrogens (tertiary/aromatic N) is 1. The second-order valence-electron chi connectivity index (χ2n) is 8.45. The molecule has 4 aromatic carbocycles. The van der Waals surface area contributed by atoms with E-state index in [9.17, 15) is 9.90 Å². The maximum Gasteiger partial charge on any atom is 0.355 e. The van der Waals surface area contributed by atoms with Gasteiger partial charge in [0, 0.05) is 17.0 Å². The molecule has 3 heteroatoms. The summed E-state index contributed by atoms with van der Waals surface area (Å²) in [5.41, 5.74) is 3.83. The first-order chi connectivity index (χ1) is 15.2. The Hall–Kier alpha value is -3.72. The third-order valence-electron chi connectivity index (χ3n) is 6.73. The van der Waals surface area contributed by atoms with Gasteiger partial charge in [0.2, 0.25) is 0 Å². The molecule has 0 fully saturated rings. The molecule has 0 saturated carbocycles. The number of carboxylic acid groups (broad SMARTS) is 1. The Morgan fingerprint density at radius 2 is 1.55 bits per heavy atom. The lowest BCUT2D eigenvalue weighted by molar-refractivity contribution is 0.0692. The van der Waals surface area contributed by atoms with Gasteiger partial charge in [0.1, 0.15) is 0 Å². The molecule has 1 aromatic heterocycles. The lowest BCUT2D eigenvalue weighted by atomic mass is 9.79. The highest BCUT2D eigenvalue weighted by Crippen LogP contribution is 2.38. The molecule has 0 amide bonds. The van der Waals surface area contributed by atoms with Crippen molar-refractivity contribution in [3.05, 3.63) is 101 Å². The van der Waals surface area contributed by atoms with Crippen LogP contribution in [0.3, 0.4) is 0 Å². The van der Waals surface area contributed by atoms with E-state index in [0.29, 0.717) is 5.39 Å². The summed E-state index contributed by atoms with van der Waals surface area (Å²) >= 11 is 0. The normalized spacial score (nSPS) is 15.9. The minimum absolute atomic E-state index is 0.155. The van der Waals surface area contributed by atoms with Crippen LogP contribution in [-0.4, -0.2) is 16.1 Å². The standard InChI is InChI=1S/C28H21NO2/c30-28(31)27-22-8-4-2-6-19(22)16-26(29-27)20-10-9-18-12-13-23-21-7-3-1-5-17(21)11-14-24(23)25(18)15-20/h1-8,11-14,16,20H,9-10,15H2,(H,30,31). The highest BCUT2D eigenvalue weighted by atomic mass is 16.4. The van der Waals surface area contributed by atoms with Gasteiger partial charge in [-0.3, -0.25) is 0 Å². The number of pyridine rings is 1. The predicted molar refractivity (Wildman–Crippen MR) is 125 cm³/mol. The van der Waals surface area contributed by atoms with Gasteiger partial charge in [-0.15, -0.1) is 0 Å². The quantitative estimate of drug-likeness (QED) is 0.342. The number of aromatic nitrogens is 1. The molecule has 1 heterocycles. The molecule has 0 saturated heterocycles. The van der Waals surface area contributed by atoms with Gasteiger partial charge in [0.25, 0.3) is 0 Å². The van der Waals surface area contributed by atoms with Crippen LogP contribution in [0.25, 0.3) is 32.3 Å². The Morgan fingerprint density at radius 3 is 2.39 bits per heavy atom. The summed E-state index contributed by atoms with van der Waals surface area (Å²) in [5.74, 6) is -0.751. The number of carboxylic acids is 1. The molecule has 1 aliphatic carbocycles. The van der Waals surface area contributed by atoms with Crippen molar-refractivity contribution in [1.82, 2.24) is 4.98 Å². The molecule has 0 spiro atoms. The third kappa shape index (κ3) is 2.89. The molecule has 0 radical (unpaired) electrons. The van der Waals surface area contributed by atoms with Crippen LogP contribution in [0.2, 0.25) is 0 Å². The van der Waals surface area contributed by atoms with Crippen LogP contribution >= 0.6 is 0 Å². The number of carbonyl (C=O) groups is 1. The Balaban J connectivity index is 1.49. The summed E-state index contributed by atoms with van der Waals surface area (Å²) in [6.45, 7) is 0. The van der Waals surface area contributed by atoms with E-state index in [4.69, 9.17) is 0 Å². The first-order valence-electron chi connectivity index (χ1n) is 10.7. The van der Waals surface area contributed by atoms with Gasteiger partial charge in [-0.05, 0) is 63.4 Å². The van der Waals surface area contributed by atoms with E-state index in [1.54, 1.807) is 0 Å². The minimum atomic E-state index is -0.967. The third-order valence-corrected chi connectivity index (χ3v) is 6.73. The van der Waals surface area contributed by atoms with Crippen molar-refractivity contribution in [2.75, 3.05) is 0 Å². The maximum absolute atomic E-state index is 11.9. The molecular weight excluding hydrogens is 382 g/mol. The first-order valence-corrected chi connectivity index (χ1v) is 10.7. The van der Waals surface area contributed by atoms with Gasteiger partial charge >= 0.3 is 5.97 Å². The number of hydrogen-bond donors (Lipinski definition) is 1. The van der Waals surface area contributed by atoms with Crippen LogP contribution in [0.1, 0.15) is 39.6 Å². The fourth-order valence-corrected chi connectivity index (χ4v) is 5.19. The first kappa shape index (κ1) is 18.1. The molecule has 150 valence electrons. The minimum Gasteiger partial charge on any atom is -0.476 e. The molecule has 6 rings (SSSR count). The van der Waals surface area contributed by atoms with E-state index in [2.05, 4.69) is 59.6 Å². The van der Waals surface area contributed by atoms with Crippen LogP contribution < -0.4 is 0 Å². The number of rotatable bonds is 2. The molecule has 3 nitrogen and oxygen atoms in total. The van der Waals surface area contributed by atoms with E-state index in [1.807, 2.05) is 24.3 Å². The highest BCUT2D eigenvalue weighted by Gasteiger charge is 2.25. The van der Waals surface area contributed by atoms with Crippen molar-refractivity contribution in [1.29, 1.82) is 0 Å². The monoisotopic (exact) mass is 403 g/mol. The topological polar surface area (TPSA) is 50.2 Å². The van der Waals surface area contributed by atoms with Crippen LogP contribution in [-0.2, 0) is 12.8 Å². The molecule has 1 atom stereocenters. The smallest absolute Gasteiger partial charge is 0.355 e. The SMILES string of the molecule is O=C(O)c1nc(C2CCc3ccc4c(ccc5ccccc54)c3C2)cc2ccccc12. The van der Waals surface area contributed by atoms with E-state index < -0.39 is 5.97 Å². The summed E-state index contributed by atoms with van der Waals surface area (Å²) in [6.07, 6.45) is 2.85. The summed E-state index contributed by atoms with van der Waals surface area (Å²) in [6, 6.07) is 27.2. The average molecular weight is 403 g/mol. The molecule has 1 unspecified atom stereocenters. The van der Waals surface area contributed by atoms with Crippen molar-refractivity contribution in [2.45, 2.75) is 25.2 Å². The van der Waals surface area contributed by atoms with Gasteiger partial charge in [-0.1, -0.05) is 72.8 Å². The summed E-state index contributed by atoms with van der Waals surface area (Å²) < 4.78 is 0. The zero-order valence-corrected chi connectivity index (χ0v) is 17.0. The lowest BCUT2D eigenvalue weighted by Gasteiger charge is -2.26. The van der Waals surface area contributed by atoms with E-state index >= 15 is 0 Å². The second-order valence-corrected chi connectivity index (χ2v) is 8.45. The summed E-state index contributed by atoms with van der Waals surface area (Å²) in [5, 5.41) is 16.5. The van der Waals surface area contributed by atoms with Crippen molar-refractivity contribution < 1.29 is 9.90 Å². The molecule has 5 aromatic rings. The van der Waals surface area contributed by atoms with E-state index in [1.165, 1.54) is 32.7 Å². The molecule has 1 aliphatic rings. The lowest BCUT2D eigenvalue weighted by Crippen LogP contribution is -2.16. The Kier molecular flexibility index (Phi) is 4.03. The molecule has 1 N–H and O–H groups in total. The fourth-order valence-electron chi connectivity index (χ4n) is 5.19. The van der Waals surface area contributed by atoms with Gasteiger partial charge in [0.05, 0.1) is 0 Å². The van der Waals surface area contributed by atoms with Gasteiger partial charge < -0.3 is 5.11 Å². The molecule has 31 heavy (non-hydrogen) atoms. The number of aryl methyl sites for hydroxylation is 1. The summed E-state index contributed by atoms with van der Waals surface area (Å²) in [7, 11) is 0. The van der Waals surface area contributed by atoms with E-state index in [-0.39, 0.29) is 11.6 Å². The van der Waals surface area contributed by atoms with Crippen molar-refractivity contribution in [2.24, 2.45) is 0 Å². The predicted octanol–water partition coefficient (Wildman–Crippen LogP) is 6.51. The van der Waals surface area contributed by atoms with Gasteiger partial charge in [0.15, 0.2) is 5.69 Å². The van der Waals surface area contributed by atoms with Gasteiger partial charge in [-0.2, -0.15) is 0 Å². The number of aromatic carboxylic acids is 1. The Morgan fingerprint density at radius 1 is 0.806 bits per heavy atom. The van der Waals surface area contributed by atoms with Crippen molar-refractivity contribution in [3.63, 3.8) is 0 Å². The van der Waals surface area contributed by atoms with Gasteiger partial charge in [-0.25, -0.2) is 9.78 Å². The summed E-state index contributed by atoms with van der Waals surface area (Å²) in [4.78, 5) is 16.5. The van der Waals surface area contributed by atoms with Crippen LogP contribution in [0.5, 0.6) is 0 Å². The second kappa shape index (κ2) is 6.92. The Labute approximate surface area is 180 Å².